The van der Waals surface area contributed by atoms with Crippen LogP contribution in [-0.4, -0.2) is 48.2 Å². The second-order valence-electron chi connectivity index (χ2n) is 8.72. The highest BCUT2D eigenvalue weighted by Crippen LogP contribution is 2.38. The molecule has 6 rings (SSSR count). The Morgan fingerprint density at radius 2 is 1.68 bits per heavy atom. The first-order chi connectivity index (χ1) is 14.9. The molecule has 0 aromatic heterocycles. The van der Waals surface area contributed by atoms with E-state index in [0.29, 0.717) is 24.4 Å². The van der Waals surface area contributed by atoms with Crippen LogP contribution >= 0.6 is 0 Å². The highest BCUT2D eigenvalue weighted by molar-refractivity contribution is 5.70. The minimum Gasteiger partial charge on any atom is -0.444 e. The van der Waals surface area contributed by atoms with Crippen LogP contribution in [0.15, 0.2) is 48.5 Å². The van der Waals surface area contributed by atoms with Crippen molar-refractivity contribution in [2.75, 3.05) is 26.2 Å². The van der Waals surface area contributed by atoms with Crippen molar-refractivity contribution in [3.63, 3.8) is 0 Å². The maximum atomic E-state index is 13.3. The number of carbonyl (C=O) groups is 1. The largest absolute Gasteiger partial charge is 0.444 e. The SMILES string of the molecule is O=C(O[C@@H]1CN2CCC1CC2)N1CCc2ccccc2[C@@H]1c1ccc(C(F)(F)F)cc1. The van der Waals surface area contributed by atoms with Crippen molar-refractivity contribution in [1.29, 1.82) is 0 Å². The smallest absolute Gasteiger partial charge is 0.416 e. The number of halogens is 3. The highest BCUT2D eigenvalue weighted by atomic mass is 19.4. The zero-order valence-corrected chi connectivity index (χ0v) is 17.1. The first-order valence-corrected chi connectivity index (χ1v) is 10.8. The number of nitrogens with zero attached hydrogens (tertiary/aromatic N) is 2. The third-order valence-corrected chi connectivity index (χ3v) is 6.92. The van der Waals surface area contributed by atoms with Crippen molar-refractivity contribution in [2.45, 2.75) is 37.6 Å². The molecule has 4 aliphatic heterocycles. The van der Waals surface area contributed by atoms with E-state index in [2.05, 4.69) is 4.90 Å². The van der Waals surface area contributed by atoms with Gasteiger partial charge in [0.25, 0.3) is 0 Å². The molecular formula is C24H25F3N2O2. The molecule has 4 nitrogen and oxygen atoms in total. The third-order valence-electron chi connectivity index (χ3n) is 6.92. The first-order valence-electron chi connectivity index (χ1n) is 10.8. The fraction of sp³-hybridized carbons (Fsp3) is 0.458. The lowest BCUT2D eigenvalue weighted by atomic mass is 9.86. The quantitative estimate of drug-likeness (QED) is 0.681. The average molecular weight is 430 g/mol. The molecule has 0 spiro atoms. The van der Waals surface area contributed by atoms with Crippen molar-refractivity contribution in [3.8, 4) is 0 Å². The highest BCUT2D eigenvalue weighted by Gasteiger charge is 2.40. The Hall–Kier alpha value is -2.54. The Kier molecular flexibility index (Phi) is 5.16. The van der Waals surface area contributed by atoms with E-state index in [1.54, 1.807) is 4.90 Å². The average Bonchev–Trinajstić information content (AvgIpc) is 2.78. The van der Waals surface area contributed by atoms with Gasteiger partial charge in [-0.05, 0) is 67.1 Å². The lowest BCUT2D eigenvalue weighted by Gasteiger charge is -2.45. The normalized spacial score (nSPS) is 27.6. The Balaban J connectivity index is 1.44. The lowest BCUT2D eigenvalue weighted by Crippen LogP contribution is -2.53. The van der Waals surface area contributed by atoms with Crippen molar-refractivity contribution in [2.24, 2.45) is 5.92 Å². The van der Waals surface area contributed by atoms with Crippen LogP contribution in [0.3, 0.4) is 0 Å². The maximum absolute atomic E-state index is 13.3. The summed E-state index contributed by atoms with van der Waals surface area (Å²) in [5, 5.41) is 0. The molecule has 164 valence electrons. The standard InChI is InChI=1S/C24H25F3N2O2/c25-24(26,27)19-7-5-18(6-8-19)22-20-4-2-1-3-16(20)11-14-29(22)23(30)31-21-15-28-12-9-17(21)10-13-28/h1-8,17,21-22H,9-15H2/t21-,22+/m1/s1. The molecule has 0 N–H and O–H groups in total. The van der Waals surface area contributed by atoms with Crippen molar-refractivity contribution >= 4 is 6.09 Å². The number of carbonyl (C=O) groups excluding carboxylic acids is 1. The van der Waals surface area contributed by atoms with E-state index in [0.717, 1.165) is 55.7 Å². The maximum Gasteiger partial charge on any atom is 0.416 e. The molecule has 31 heavy (non-hydrogen) atoms. The van der Waals surface area contributed by atoms with Crippen LogP contribution in [0.4, 0.5) is 18.0 Å². The number of ether oxygens (including phenoxy) is 1. The topological polar surface area (TPSA) is 32.8 Å². The second kappa shape index (κ2) is 7.86. The fourth-order valence-corrected chi connectivity index (χ4v) is 5.22. The van der Waals surface area contributed by atoms with Crippen LogP contribution in [0.25, 0.3) is 0 Å². The van der Waals surface area contributed by atoms with E-state index in [9.17, 15) is 18.0 Å². The molecule has 4 heterocycles. The van der Waals surface area contributed by atoms with Crippen molar-refractivity contribution in [1.82, 2.24) is 9.80 Å². The van der Waals surface area contributed by atoms with Gasteiger partial charge in [0.05, 0.1) is 11.6 Å². The van der Waals surface area contributed by atoms with Gasteiger partial charge in [0.1, 0.15) is 6.10 Å². The molecule has 3 saturated heterocycles. The van der Waals surface area contributed by atoms with Crippen LogP contribution in [0.5, 0.6) is 0 Å². The van der Waals surface area contributed by atoms with Gasteiger partial charge in [-0.15, -0.1) is 0 Å². The first kappa shape index (κ1) is 20.4. The third kappa shape index (κ3) is 3.91. The van der Waals surface area contributed by atoms with Crippen molar-refractivity contribution in [3.05, 3.63) is 70.8 Å². The van der Waals surface area contributed by atoms with Gasteiger partial charge in [-0.25, -0.2) is 4.79 Å². The second-order valence-corrected chi connectivity index (χ2v) is 8.72. The molecular weight excluding hydrogens is 405 g/mol. The summed E-state index contributed by atoms with van der Waals surface area (Å²) < 4.78 is 45.1. The predicted octanol–water partition coefficient (Wildman–Crippen LogP) is 4.88. The Labute approximate surface area is 179 Å². The number of fused-ring (bicyclic) bond motifs is 4. The summed E-state index contributed by atoms with van der Waals surface area (Å²) in [7, 11) is 0. The zero-order chi connectivity index (χ0) is 21.6. The minimum absolute atomic E-state index is 0.111. The van der Waals surface area contributed by atoms with Crippen LogP contribution in [0.2, 0.25) is 0 Å². The molecule has 2 aromatic rings. The number of benzene rings is 2. The van der Waals surface area contributed by atoms with E-state index in [1.165, 1.54) is 12.1 Å². The number of hydrogen-bond donors (Lipinski definition) is 0. The van der Waals surface area contributed by atoms with E-state index < -0.39 is 17.8 Å². The van der Waals surface area contributed by atoms with Crippen LogP contribution < -0.4 is 0 Å². The number of alkyl halides is 3. The zero-order valence-electron chi connectivity index (χ0n) is 17.1. The van der Waals surface area contributed by atoms with E-state index in [1.807, 2.05) is 24.3 Å². The lowest BCUT2D eigenvalue weighted by molar-refractivity contribution is -0.137. The van der Waals surface area contributed by atoms with Crippen LogP contribution in [-0.2, 0) is 17.3 Å². The fourth-order valence-electron chi connectivity index (χ4n) is 5.22. The number of hydrogen-bond acceptors (Lipinski definition) is 3. The molecule has 2 atom stereocenters. The summed E-state index contributed by atoms with van der Waals surface area (Å²) in [4.78, 5) is 17.3. The van der Waals surface area contributed by atoms with Gasteiger partial charge in [-0.1, -0.05) is 36.4 Å². The van der Waals surface area contributed by atoms with Gasteiger partial charge in [0.2, 0.25) is 0 Å². The minimum atomic E-state index is -4.39. The van der Waals surface area contributed by atoms with Gasteiger partial charge >= 0.3 is 12.3 Å². The molecule has 3 fully saturated rings. The van der Waals surface area contributed by atoms with Gasteiger partial charge in [-0.3, -0.25) is 9.80 Å². The molecule has 2 aromatic carbocycles. The number of rotatable bonds is 2. The summed E-state index contributed by atoms with van der Waals surface area (Å²) in [6.07, 6.45) is -2.09. The summed E-state index contributed by atoms with van der Waals surface area (Å²) in [5.74, 6) is 0.399. The van der Waals surface area contributed by atoms with Crippen molar-refractivity contribution < 1.29 is 22.7 Å². The molecule has 0 radical (unpaired) electrons. The van der Waals surface area contributed by atoms with E-state index in [4.69, 9.17) is 4.74 Å². The van der Waals surface area contributed by atoms with Gasteiger partial charge in [0.15, 0.2) is 0 Å². The molecule has 1 amide bonds. The van der Waals surface area contributed by atoms with Gasteiger partial charge in [0, 0.05) is 13.1 Å². The Morgan fingerprint density at radius 1 is 0.968 bits per heavy atom. The van der Waals surface area contributed by atoms with E-state index in [-0.39, 0.29) is 12.2 Å². The molecule has 0 saturated carbocycles. The summed E-state index contributed by atoms with van der Waals surface area (Å²) in [6, 6.07) is 12.5. The van der Waals surface area contributed by atoms with Gasteiger partial charge < -0.3 is 4.74 Å². The molecule has 7 heteroatoms. The van der Waals surface area contributed by atoms with Crippen LogP contribution in [0, 0.1) is 5.92 Å². The molecule has 0 aliphatic carbocycles. The molecule has 0 unspecified atom stereocenters. The van der Waals surface area contributed by atoms with E-state index >= 15 is 0 Å². The molecule has 4 aliphatic rings. The Morgan fingerprint density at radius 3 is 2.32 bits per heavy atom. The predicted molar refractivity (Wildman–Crippen MR) is 110 cm³/mol. The summed E-state index contributed by atoms with van der Waals surface area (Å²) in [5.41, 5.74) is 2.02. The number of piperidine rings is 3. The summed E-state index contributed by atoms with van der Waals surface area (Å²) in [6.45, 7) is 3.36. The molecule has 2 bridgehead atoms. The Bertz CT molecular complexity index is 952. The monoisotopic (exact) mass is 430 g/mol. The van der Waals surface area contributed by atoms with Gasteiger partial charge in [-0.2, -0.15) is 13.2 Å². The van der Waals surface area contributed by atoms with Crippen LogP contribution in [0.1, 0.15) is 41.1 Å². The summed E-state index contributed by atoms with van der Waals surface area (Å²) >= 11 is 0. The number of amides is 1.